The van der Waals surface area contributed by atoms with Crippen molar-refractivity contribution in [3.8, 4) is 5.75 Å². The predicted molar refractivity (Wildman–Crippen MR) is 106 cm³/mol. The maximum Gasteiger partial charge on any atom is 0.243 e. The third kappa shape index (κ3) is 5.22. The van der Waals surface area contributed by atoms with E-state index in [0.717, 1.165) is 25.9 Å². The topological polar surface area (TPSA) is 88.2 Å². The summed E-state index contributed by atoms with van der Waals surface area (Å²) in [6.45, 7) is 5.81. The van der Waals surface area contributed by atoms with Crippen LogP contribution in [0.15, 0.2) is 23.1 Å². The molecule has 2 saturated heterocycles. The Kier molecular flexibility index (Phi) is 7.28. The molecule has 1 aromatic carbocycles. The van der Waals surface area contributed by atoms with E-state index in [1.165, 1.54) is 22.9 Å². The van der Waals surface area contributed by atoms with E-state index in [-0.39, 0.29) is 10.8 Å². The first-order valence-electron chi connectivity index (χ1n) is 9.87. The van der Waals surface area contributed by atoms with Gasteiger partial charge in [-0.15, -0.1) is 0 Å². The number of amides is 1. The molecule has 2 fully saturated rings. The lowest BCUT2D eigenvalue weighted by molar-refractivity contribution is -0.117. The van der Waals surface area contributed by atoms with E-state index < -0.39 is 10.0 Å². The molecule has 2 aliphatic heterocycles. The van der Waals surface area contributed by atoms with Crippen LogP contribution >= 0.6 is 0 Å². The number of sulfonamides is 1. The number of likely N-dealkylation sites (tertiary alicyclic amines) is 1. The molecule has 1 amide bonds. The number of morpholine rings is 1. The molecule has 9 heteroatoms. The summed E-state index contributed by atoms with van der Waals surface area (Å²) in [7, 11) is -3.64. The van der Waals surface area contributed by atoms with Crippen molar-refractivity contribution in [2.45, 2.75) is 31.1 Å². The molecule has 2 aliphatic rings. The second-order valence-corrected chi connectivity index (χ2v) is 8.93. The highest BCUT2D eigenvalue weighted by molar-refractivity contribution is 7.89. The van der Waals surface area contributed by atoms with Crippen molar-refractivity contribution in [2.24, 2.45) is 0 Å². The second kappa shape index (κ2) is 9.69. The molecule has 3 rings (SSSR count). The molecule has 1 aromatic rings. The van der Waals surface area contributed by atoms with E-state index in [1.807, 2.05) is 6.92 Å². The Balaban J connectivity index is 1.77. The summed E-state index contributed by atoms with van der Waals surface area (Å²) in [6.07, 6.45) is 3.41. The fourth-order valence-corrected chi connectivity index (χ4v) is 4.93. The zero-order valence-electron chi connectivity index (χ0n) is 16.4. The molecule has 0 aromatic heterocycles. The molecule has 0 atom stereocenters. The average molecular weight is 412 g/mol. The van der Waals surface area contributed by atoms with Crippen LogP contribution in [-0.4, -0.2) is 76.1 Å². The molecule has 0 unspecified atom stereocenters. The van der Waals surface area contributed by atoms with Gasteiger partial charge in [0.15, 0.2) is 0 Å². The molecule has 0 radical (unpaired) electrons. The summed E-state index contributed by atoms with van der Waals surface area (Å²) in [5, 5.41) is 2.84. The van der Waals surface area contributed by atoms with Gasteiger partial charge >= 0.3 is 0 Å². The highest BCUT2D eigenvalue weighted by Gasteiger charge is 2.27. The number of hydrogen-bond donors (Lipinski definition) is 1. The maximum absolute atomic E-state index is 12.9. The number of benzene rings is 1. The van der Waals surface area contributed by atoms with Crippen LogP contribution in [0.4, 0.5) is 5.69 Å². The summed E-state index contributed by atoms with van der Waals surface area (Å²) in [5.74, 6) is 0.305. The quantitative estimate of drug-likeness (QED) is 0.732. The number of piperidine rings is 1. The van der Waals surface area contributed by atoms with Crippen LogP contribution in [-0.2, 0) is 19.6 Å². The zero-order valence-corrected chi connectivity index (χ0v) is 17.2. The van der Waals surface area contributed by atoms with Crippen LogP contribution < -0.4 is 10.1 Å². The Morgan fingerprint density at radius 2 is 1.86 bits per heavy atom. The smallest absolute Gasteiger partial charge is 0.243 e. The molecule has 0 aliphatic carbocycles. The van der Waals surface area contributed by atoms with Gasteiger partial charge in [-0.25, -0.2) is 8.42 Å². The number of carbonyl (C=O) groups excluding carboxylic acids is 1. The van der Waals surface area contributed by atoms with Gasteiger partial charge in [-0.05, 0) is 51.1 Å². The Morgan fingerprint density at radius 1 is 1.14 bits per heavy atom. The predicted octanol–water partition coefficient (Wildman–Crippen LogP) is 1.53. The standard InChI is InChI=1S/C19H29N3O5S/c1-2-27-18-7-6-16(28(24,25)22-10-12-26-13-11-22)14-17(18)20-19(23)15-21-8-4-3-5-9-21/h6-7,14H,2-5,8-13,15H2,1H3,(H,20,23). The average Bonchev–Trinajstić information content (AvgIpc) is 2.70. The van der Waals surface area contributed by atoms with E-state index in [2.05, 4.69) is 10.2 Å². The van der Waals surface area contributed by atoms with Crippen LogP contribution in [0.1, 0.15) is 26.2 Å². The minimum Gasteiger partial charge on any atom is -0.492 e. The number of carbonyl (C=O) groups is 1. The van der Waals surface area contributed by atoms with Crippen molar-refractivity contribution in [2.75, 3.05) is 57.9 Å². The van der Waals surface area contributed by atoms with Crippen molar-refractivity contribution in [3.63, 3.8) is 0 Å². The van der Waals surface area contributed by atoms with Gasteiger partial charge in [-0.1, -0.05) is 6.42 Å². The van der Waals surface area contributed by atoms with Crippen molar-refractivity contribution in [1.29, 1.82) is 0 Å². The van der Waals surface area contributed by atoms with Gasteiger partial charge in [-0.3, -0.25) is 9.69 Å². The highest BCUT2D eigenvalue weighted by Crippen LogP contribution is 2.29. The first kappa shape index (κ1) is 21.0. The summed E-state index contributed by atoms with van der Waals surface area (Å²) in [4.78, 5) is 14.8. The lowest BCUT2D eigenvalue weighted by atomic mass is 10.1. The van der Waals surface area contributed by atoms with Gasteiger partial charge in [0.05, 0.1) is 36.9 Å². The Morgan fingerprint density at radius 3 is 2.54 bits per heavy atom. The van der Waals surface area contributed by atoms with Gasteiger partial charge in [0.25, 0.3) is 0 Å². The summed E-state index contributed by atoms with van der Waals surface area (Å²) in [6, 6.07) is 4.62. The van der Waals surface area contributed by atoms with Gasteiger partial charge in [0.1, 0.15) is 5.75 Å². The number of hydrogen-bond acceptors (Lipinski definition) is 6. The lowest BCUT2D eigenvalue weighted by Crippen LogP contribution is -2.40. The van der Waals surface area contributed by atoms with Crippen LogP contribution in [0.3, 0.4) is 0 Å². The molecule has 28 heavy (non-hydrogen) atoms. The highest BCUT2D eigenvalue weighted by atomic mass is 32.2. The number of rotatable bonds is 7. The fourth-order valence-electron chi connectivity index (χ4n) is 3.49. The lowest BCUT2D eigenvalue weighted by Gasteiger charge is -2.27. The van der Waals surface area contributed by atoms with Gasteiger partial charge in [-0.2, -0.15) is 4.31 Å². The van der Waals surface area contributed by atoms with Gasteiger partial charge in [0.2, 0.25) is 15.9 Å². The van der Waals surface area contributed by atoms with Crippen LogP contribution in [0.2, 0.25) is 0 Å². The van der Waals surface area contributed by atoms with E-state index in [0.29, 0.717) is 50.9 Å². The number of anilines is 1. The number of ether oxygens (including phenoxy) is 2. The molecule has 1 N–H and O–H groups in total. The molecule has 0 spiro atoms. The first-order valence-corrected chi connectivity index (χ1v) is 11.3. The minimum absolute atomic E-state index is 0.145. The zero-order chi connectivity index (χ0) is 20.0. The van der Waals surface area contributed by atoms with E-state index in [4.69, 9.17) is 9.47 Å². The van der Waals surface area contributed by atoms with Crippen LogP contribution in [0, 0.1) is 0 Å². The second-order valence-electron chi connectivity index (χ2n) is 6.99. The van der Waals surface area contributed by atoms with E-state index >= 15 is 0 Å². The van der Waals surface area contributed by atoms with Crippen molar-refractivity contribution < 1.29 is 22.7 Å². The molecule has 156 valence electrons. The molecule has 2 heterocycles. The SMILES string of the molecule is CCOc1ccc(S(=O)(=O)N2CCOCC2)cc1NC(=O)CN1CCCCC1. The molecular weight excluding hydrogens is 382 g/mol. The summed E-state index contributed by atoms with van der Waals surface area (Å²) >= 11 is 0. The van der Waals surface area contributed by atoms with Gasteiger partial charge < -0.3 is 14.8 Å². The van der Waals surface area contributed by atoms with Crippen molar-refractivity contribution in [3.05, 3.63) is 18.2 Å². The maximum atomic E-state index is 12.9. The van der Waals surface area contributed by atoms with Crippen LogP contribution in [0.25, 0.3) is 0 Å². The normalized spacial score (nSPS) is 19.3. The molecule has 8 nitrogen and oxygen atoms in total. The summed E-state index contributed by atoms with van der Waals surface area (Å²) in [5.41, 5.74) is 0.387. The Labute approximate surface area is 166 Å². The van der Waals surface area contributed by atoms with E-state index in [9.17, 15) is 13.2 Å². The molecule has 0 bridgehead atoms. The van der Waals surface area contributed by atoms with Crippen LogP contribution in [0.5, 0.6) is 5.75 Å². The minimum atomic E-state index is -3.64. The molecule has 0 saturated carbocycles. The summed E-state index contributed by atoms with van der Waals surface area (Å²) < 4.78 is 38.1. The molecular formula is C19H29N3O5S. The van der Waals surface area contributed by atoms with Crippen molar-refractivity contribution in [1.82, 2.24) is 9.21 Å². The number of nitrogens with zero attached hydrogens (tertiary/aromatic N) is 2. The third-order valence-corrected chi connectivity index (χ3v) is 6.84. The fraction of sp³-hybridized carbons (Fsp3) is 0.632. The van der Waals surface area contributed by atoms with Gasteiger partial charge in [0, 0.05) is 13.1 Å². The van der Waals surface area contributed by atoms with E-state index in [1.54, 1.807) is 6.07 Å². The number of nitrogens with one attached hydrogen (secondary N) is 1. The Hall–Kier alpha value is -1.68. The third-order valence-electron chi connectivity index (χ3n) is 4.95. The van der Waals surface area contributed by atoms with Crippen molar-refractivity contribution >= 4 is 21.6 Å². The Bertz CT molecular complexity index is 772. The first-order chi connectivity index (χ1) is 13.5. The largest absolute Gasteiger partial charge is 0.492 e. The monoisotopic (exact) mass is 411 g/mol.